The molecule has 0 fully saturated rings. The molecule has 0 aliphatic carbocycles. The maximum Gasteiger partial charge on any atom is 0.180 e. The predicted octanol–water partition coefficient (Wildman–Crippen LogP) is 6.75. The highest BCUT2D eigenvalue weighted by molar-refractivity contribution is 9.10. The van der Waals surface area contributed by atoms with Crippen LogP contribution in [0.15, 0.2) is 59.1 Å². The Kier molecular flexibility index (Phi) is 6.81. The first-order valence-electron chi connectivity index (χ1n) is 8.70. The van der Waals surface area contributed by atoms with Gasteiger partial charge in [0.25, 0.3) is 0 Å². The predicted molar refractivity (Wildman–Crippen MR) is 115 cm³/mol. The fourth-order valence-corrected chi connectivity index (χ4v) is 3.54. The van der Waals surface area contributed by atoms with Crippen molar-refractivity contribution >= 4 is 33.2 Å². The van der Waals surface area contributed by atoms with Crippen molar-refractivity contribution in [2.24, 2.45) is 0 Å². The highest BCUT2D eigenvalue weighted by atomic mass is 79.9. The lowest BCUT2D eigenvalue weighted by molar-refractivity contribution is 0.284. The summed E-state index contributed by atoms with van der Waals surface area (Å²) in [6, 6.07) is 16.0. The number of halogens is 3. The van der Waals surface area contributed by atoms with Gasteiger partial charge in [-0.05, 0) is 66.1 Å². The molecule has 6 heteroatoms. The molecule has 0 heterocycles. The van der Waals surface area contributed by atoms with Crippen LogP contribution in [0.3, 0.4) is 0 Å². The van der Waals surface area contributed by atoms with Gasteiger partial charge in [-0.15, -0.1) is 0 Å². The molecule has 0 atom stereocenters. The van der Waals surface area contributed by atoms with E-state index in [1.54, 1.807) is 19.2 Å². The standard InChI is InChI=1S/C22H20BrClFNO2/c1-14-9-17(23)5-8-20(14)26-12-16-10-19(24)22(21(11-16)27-2)28-13-15-3-6-18(25)7-4-15/h3-11,26H,12-13H2,1-2H3. The van der Waals surface area contributed by atoms with E-state index in [2.05, 4.69) is 27.3 Å². The van der Waals surface area contributed by atoms with Crippen LogP contribution in [0.1, 0.15) is 16.7 Å². The van der Waals surface area contributed by atoms with Crippen LogP contribution in [-0.2, 0) is 13.2 Å². The van der Waals surface area contributed by atoms with E-state index in [4.69, 9.17) is 21.1 Å². The SMILES string of the molecule is COc1cc(CNc2ccc(Br)cc2C)cc(Cl)c1OCc1ccc(F)cc1. The molecule has 0 saturated heterocycles. The van der Waals surface area contributed by atoms with Crippen molar-refractivity contribution in [1.29, 1.82) is 0 Å². The van der Waals surface area contributed by atoms with Crippen molar-refractivity contribution in [3.63, 3.8) is 0 Å². The first-order chi connectivity index (χ1) is 13.5. The lowest BCUT2D eigenvalue weighted by atomic mass is 10.1. The van der Waals surface area contributed by atoms with Crippen molar-refractivity contribution in [2.75, 3.05) is 12.4 Å². The number of hydrogen-bond donors (Lipinski definition) is 1. The highest BCUT2D eigenvalue weighted by Gasteiger charge is 2.13. The van der Waals surface area contributed by atoms with Gasteiger partial charge in [-0.2, -0.15) is 0 Å². The quantitative estimate of drug-likeness (QED) is 0.419. The summed E-state index contributed by atoms with van der Waals surface area (Å²) >= 11 is 9.91. The third-order valence-electron chi connectivity index (χ3n) is 4.26. The van der Waals surface area contributed by atoms with E-state index in [0.29, 0.717) is 23.1 Å². The molecule has 3 rings (SSSR count). The van der Waals surface area contributed by atoms with E-state index in [9.17, 15) is 4.39 Å². The second-order valence-electron chi connectivity index (χ2n) is 6.34. The molecule has 1 N–H and O–H groups in total. The van der Waals surface area contributed by atoms with Crippen LogP contribution in [0.25, 0.3) is 0 Å². The normalized spacial score (nSPS) is 10.6. The molecule has 0 aromatic heterocycles. The summed E-state index contributed by atoms with van der Waals surface area (Å²) in [5.74, 6) is 0.744. The Morgan fingerprint density at radius 3 is 2.46 bits per heavy atom. The zero-order valence-electron chi connectivity index (χ0n) is 15.6. The number of aryl methyl sites for hydroxylation is 1. The number of benzene rings is 3. The molecular formula is C22H20BrClFNO2. The van der Waals surface area contributed by atoms with Crippen LogP contribution in [0.4, 0.5) is 10.1 Å². The largest absolute Gasteiger partial charge is 0.493 e. The molecule has 0 aliphatic rings. The Labute approximate surface area is 177 Å². The van der Waals surface area contributed by atoms with Crippen LogP contribution in [-0.4, -0.2) is 7.11 Å². The Morgan fingerprint density at radius 2 is 1.79 bits per heavy atom. The van der Waals surface area contributed by atoms with Gasteiger partial charge in [0.05, 0.1) is 12.1 Å². The summed E-state index contributed by atoms with van der Waals surface area (Å²) in [5.41, 5.74) is 4.01. The van der Waals surface area contributed by atoms with Crippen molar-refractivity contribution in [3.05, 3.63) is 86.6 Å². The summed E-state index contributed by atoms with van der Waals surface area (Å²) in [4.78, 5) is 0. The van der Waals surface area contributed by atoms with Gasteiger partial charge in [0, 0.05) is 16.7 Å². The topological polar surface area (TPSA) is 30.5 Å². The Morgan fingerprint density at radius 1 is 1.04 bits per heavy atom. The average molecular weight is 465 g/mol. The smallest absolute Gasteiger partial charge is 0.180 e. The van der Waals surface area contributed by atoms with Gasteiger partial charge >= 0.3 is 0 Å². The van der Waals surface area contributed by atoms with Crippen LogP contribution in [0, 0.1) is 12.7 Å². The molecule has 3 nitrogen and oxygen atoms in total. The van der Waals surface area contributed by atoms with E-state index < -0.39 is 0 Å². The highest BCUT2D eigenvalue weighted by Crippen LogP contribution is 2.37. The molecule has 28 heavy (non-hydrogen) atoms. The zero-order valence-corrected chi connectivity index (χ0v) is 17.9. The molecular weight excluding hydrogens is 445 g/mol. The van der Waals surface area contributed by atoms with Crippen LogP contribution in [0.2, 0.25) is 5.02 Å². The maximum absolute atomic E-state index is 13.0. The van der Waals surface area contributed by atoms with Crippen LogP contribution in [0.5, 0.6) is 11.5 Å². The van der Waals surface area contributed by atoms with Gasteiger partial charge in [0.1, 0.15) is 12.4 Å². The lowest BCUT2D eigenvalue weighted by Gasteiger charge is -2.15. The fraction of sp³-hybridized carbons (Fsp3) is 0.182. The molecule has 0 aliphatic heterocycles. The van der Waals surface area contributed by atoms with Gasteiger partial charge in [-0.3, -0.25) is 0 Å². The molecule has 146 valence electrons. The molecule has 0 spiro atoms. The third kappa shape index (κ3) is 5.18. The van der Waals surface area contributed by atoms with E-state index in [0.717, 1.165) is 26.9 Å². The van der Waals surface area contributed by atoms with Crippen LogP contribution >= 0.6 is 27.5 Å². The molecule has 0 unspecified atom stereocenters. The minimum atomic E-state index is -0.280. The Balaban J connectivity index is 1.72. The van der Waals surface area contributed by atoms with Gasteiger partial charge in [-0.25, -0.2) is 4.39 Å². The van der Waals surface area contributed by atoms with Crippen molar-refractivity contribution in [1.82, 2.24) is 0 Å². The van der Waals surface area contributed by atoms with Gasteiger partial charge < -0.3 is 14.8 Å². The van der Waals surface area contributed by atoms with E-state index >= 15 is 0 Å². The Hall–Kier alpha value is -2.24. The number of methoxy groups -OCH3 is 1. The molecule has 0 saturated carbocycles. The van der Waals surface area contributed by atoms with Crippen molar-refractivity contribution in [2.45, 2.75) is 20.1 Å². The number of rotatable bonds is 7. The summed E-state index contributed by atoms with van der Waals surface area (Å²) in [7, 11) is 1.58. The first-order valence-corrected chi connectivity index (χ1v) is 9.87. The van der Waals surface area contributed by atoms with Crippen molar-refractivity contribution < 1.29 is 13.9 Å². The fourth-order valence-electron chi connectivity index (χ4n) is 2.77. The first kappa shape index (κ1) is 20.5. The monoisotopic (exact) mass is 463 g/mol. The molecule has 0 radical (unpaired) electrons. The minimum Gasteiger partial charge on any atom is -0.493 e. The zero-order chi connectivity index (χ0) is 20.1. The molecule has 0 amide bonds. The molecule has 3 aromatic carbocycles. The summed E-state index contributed by atoms with van der Waals surface area (Å²) < 4.78 is 25.4. The summed E-state index contributed by atoms with van der Waals surface area (Å²) in [5, 5.41) is 3.87. The van der Waals surface area contributed by atoms with Gasteiger partial charge in [0.15, 0.2) is 11.5 Å². The van der Waals surface area contributed by atoms with E-state index in [1.807, 2.05) is 31.2 Å². The van der Waals surface area contributed by atoms with E-state index in [-0.39, 0.29) is 12.4 Å². The number of hydrogen-bond acceptors (Lipinski definition) is 3. The summed E-state index contributed by atoms with van der Waals surface area (Å²) in [6.07, 6.45) is 0. The van der Waals surface area contributed by atoms with Gasteiger partial charge in [0.2, 0.25) is 0 Å². The van der Waals surface area contributed by atoms with Gasteiger partial charge in [-0.1, -0.05) is 39.7 Å². The molecule has 0 bridgehead atoms. The lowest BCUT2D eigenvalue weighted by Crippen LogP contribution is -2.03. The molecule has 3 aromatic rings. The minimum absolute atomic E-state index is 0.270. The number of ether oxygens (including phenoxy) is 2. The third-order valence-corrected chi connectivity index (χ3v) is 5.03. The van der Waals surface area contributed by atoms with Crippen molar-refractivity contribution in [3.8, 4) is 11.5 Å². The maximum atomic E-state index is 13.0. The Bertz CT molecular complexity index is 963. The number of nitrogens with one attached hydrogen (secondary N) is 1. The average Bonchev–Trinajstić information content (AvgIpc) is 2.67. The second-order valence-corrected chi connectivity index (χ2v) is 7.66. The second kappa shape index (κ2) is 9.30. The summed E-state index contributed by atoms with van der Waals surface area (Å²) in [6.45, 7) is 2.91. The van der Waals surface area contributed by atoms with E-state index in [1.165, 1.54) is 12.1 Å². The number of anilines is 1. The van der Waals surface area contributed by atoms with Crippen LogP contribution < -0.4 is 14.8 Å².